The lowest BCUT2D eigenvalue weighted by atomic mass is 10.0. The van der Waals surface area contributed by atoms with E-state index < -0.39 is 0 Å². The second-order valence-corrected chi connectivity index (χ2v) is 7.56. The van der Waals surface area contributed by atoms with Gasteiger partial charge in [0.1, 0.15) is 0 Å². The zero-order valence-corrected chi connectivity index (χ0v) is 16.7. The third kappa shape index (κ3) is 4.95. The van der Waals surface area contributed by atoms with Crippen molar-refractivity contribution >= 4 is 23.4 Å². The van der Waals surface area contributed by atoms with Crippen LogP contribution in [0.3, 0.4) is 0 Å². The number of carbonyl (C=O) groups excluding carboxylic acids is 1. The third-order valence-electron chi connectivity index (χ3n) is 4.49. The fourth-order valence-corrected chi connectivity index (χ4v) is 3.86. The zero-order chi connectivity index (χ0) is 19.9. The van der Waals surface area contributed by atoms with E-state index in [-0.39, 0.29) is 5.91 Å². The summed E-state index contributed by atoms with van der Waals surface area (Å²) >= 11 is 1.60. The number of amides is 1. The van der Waals surface area contributed by atoms with Crippen molar-refractivity contribution in [1.29, 1.82) is 0 Å². The lowest BCUT2D eigenvalue weighted by Gasteiger charge is -2.11. The number of benzene rings is 3. The number of nitrogens with one attached hydrogen (secondary N) is 1. The van der Waals surface area contributed by atoms with E-state index in [1.807, 2.05) is 83.7 Å². The van der Waals surface area contributed by atoms with Crippen molar-refractivity contribution in [2.45, 2.75) is 5.75 Å². The average Bonchev–Trinajstić information content (AvgIpc) is 3.30. The van der Waals surface area contributed by atoms with Crippen LogP contribution in [0.1, 0.15) is 5.56 Å². The van der Waals surface area contributed by atoms with E-state index in [1.165, 1.54) is 5.56 Å². The highest BCUT2D eigenvalue weighted by Gasteiger charge is 2.08. The number of aromatic nitrogens is 2. The van der Waals surface area contributed by atoms with Crippen LogP contribution in [0.5, 0.6) is 0 Å². The molecule has 5 heteroatoms. The van der Waals surface area contributed by atoms with Crippen LogP contribution < -0.4 is 5.32 Å². The Morgan fingerprint density at radius 1 is 0.897 bits per heavy atom. The second kappa shape index (κ2) is 9.26. The molecule has 0 saturated heterocycles. The second-order valence-electron chi connectivity index (χ2n) is 6.57. The van der Waals surface area contributed by atoms with E-state index in [1.54, 1.807) is 18.0 Å². The number of anilines is 1. The highest BCUT2D eigenvalue weighted by atomic mass is 32.2. The van der Waals surface area contributed by atoms with E-state index >= 15 is 0 Å². The molecule has 4 nitrogen and oxygen atoms in total. The summed E-state index contributed by atoms with van der Waals surface area (Å²) in [5.41, 5.74) is 5.17. The number of hydrogen-bond acceptors (Lipinski definition) is 3. The maximum absolute atomic E-state index is 12.5. The lowest BCUT2D eigenvalue weighted by molar-refractivity contribution is -0.113. The molecule has 1 N–H and O–H groups in total. The van der Waals surface area contributed by atoms with Crippen LogP contribution in [0.2, 0.25) is 0 Å². The Hall–Kier alpha value is -3.31. The molecule has 4 rings (SSSR count). The quantitative estimate of drug-likeness (QED) is 0.452. The van der Waals surface area contributed by atoms with Gasteiger partial charge in [0.15, 0.2) is 0 Å². The Bertz CT molecular complexity index is 1060. The summed E-state index contributed by atoms with van der Waals surface area (Å²) in [4.78, 5) is 12.5. The molecule has 1 aromatic heterocycles. The summed E-state index contributed by atoms with van der Waals surface area (Å²) in [6, 6.07) is 28.1. The average molecular weight is 400 g/mol. The number of hydrogen-bond donors (Lipinski definition) is 1. The molecule has 1 heterocycles. The van der Waals surface area contributed by atoms with Crippen molar-refractivity contribution in [3.8, 4) is 16.8 Å². The van der Waals surface area contributed by atoms with E-state index in [9.17, 15) is 4.79 Å². The van der Waals surface area contributed by atoms with Gasteiger partial charge >= 0.3 is 0 Å². The van der Waals surface area contributed by atoms with Crippen molar-refractivity contribution in [2.75, 3.05) is 11.1 Å². The Balaban J connectivity index is 1.32. The van der Waals surface area contributed by atoms with Crippen molar-refractivity contribution in [3.05, 3.63) is 103 Å². The molecule has 0 bridgehead atoms. The molecule has 29 heavy (non-hydrogen) atoms. The Kier molecular flexibility index (Phi) is 6.07. The number of thioether (sulfide) groups is 1. The van der Waals surface area contributed by atoms with E-state index in [4.69, 9.17) is 0 Å². The number of nitrogens with zero attached hydrogens (tertiary/aromatic N) is 2. The Labute approximate surface area is 174 Å². The smallest absolute Gasteiger partial charge is 0.234 e. The van der Waals surface area contributed by atoms with Crippen LogP contribution in [0.4, 0.5) is 5.69 Å². The zero-order valence-electron chi connectivity index (χ0n) is 15.9. The molecular formula is C24H21N3OS. The molecule has 1 amide bonds. The van der Waals surface area contributed by atoms with Gasteiger partial charge in [-0.15, -0.1) is 11.8 Å². The van der Waals surface area contributed by atoms with Crippen LogP contribution >= 0.6 is 11.8 Å². The minimum Gasteiger partial charge on any atom is -0.325 e. The summed E-state index contributed by atoms with van der Waals surface area (Å²) in [5.74, 6) is 1.20. The fourth-order valence-electron chi connectivity index (χ4n) is 3.08. The van der Waals surface area contributed by atoms with Gasteiger partial charge in [0.2, 0.25) is 5.91 Å². The van der Waals surface area contributed by atoms with Gasteiger partial charge in [-0.25, -0.2) is 4.68 Å². The molecular weight excluding hydrogens is 378 g/mol. The van der Waals surface area contributed by atoms with Gasteiger partial charge in [-0.3, -0.25) is 4.79 Å². The molecule has 0 aliphatic heterocycles. The largest absolute Gasteiger partial charge is 0.325 e. The van der Waals surface area contributed by atoms with Gasteiger partial charge in [0.25, 0.3) is 0 Å². The normalized spacial score (nSPS) is 10.6. The van der Waals surface area contributed by atoms with Crippen LogP contribution in [-0.4, -0.2) is 21.4 Å². The van der Waals surface area contributed by atoms with Crippen molar-refractivity contribution in [3.63, 3.8) is 0 Å². The molecule has 3 aromatic carbocycles. The molecule has 0 radical (unpaired) electrons. The van der Waals surface area contributed by atoms with E-state index in [0.717, 1.165) is 28.3 Å². The standard InChI is InChI=1S/C24H21N3OS/c28-24(26-23-10-5-4-9-22(23)20-7-2-1-3-8-20)18-29-17-19-11-13-21(14-12-19)27-16-6-15-25-27/h1-16H,17-18H2,(H,26,28). The summed E-state index contributed by atoms with van der Waals surface area (Å²) < 4.78 is 1.83. The SMILES string of the molecule is O=C(CSCc1ccc(-n2cccn2)cc1)Nc1ccccc1-c1ccccc1. The molecule has 144 valence electrons. The molecule has 0 aliphatic rings. The first-order chi connectivity index (χ1) is 14.3. The Morgan fingerprint density at radius 2 is 1.66 bits per heavy atom. The maximum atomic E-state index is 12.5. The summed E-state index contributed by atoms with van der Waals surface area (Å²) in [6.45, 7) is 0. The highest BCUT2D eigenvalue weighted by Crippen LogP contribution is 2.27. The van der Waals surface area contributed by atoms with Gasteiger partial charge in [0.05, 0.1) is 11.4 Å². The van der Waals surface area contributed by atoms with Gasteiger partial charge < -0.3 is 5.32 Å². The monoisotopic (exact) mass is 399 g/mol. The van der Waals surface area contributed by atoms with Gasteiger partial charge in [-0.1, -0.05) is 60.7 Å². The number of para-hydroxylation sites is 1. The summed E-state index contributed by atoms with van der Waals surface area (Å²) in [7, 11) is 0. The van der Waals surface area contributed by atoms with Crippen molar-refractivity contribution in [1.82, 2.24) is 9.78 Å². The third-order valence-corrected chi connectivity index (χ3v) is 5.50. The van der Waals surface area contributed by atoms with Crippen LogP contribution in [0, 0.1) is 0 Å². The topological polar surface area (TPSA) is 46.9 Å². The number of carbonyl (C=O) groups is 1. The molecule has 0 saturated carbocycles. The predicted molar refractivity (Wildman–Crippen MR) is 120 cm³/mol. The molecule has 0 atom stereocenters. The molecule has 0 fully saturated rings. The number of rotatable bonds is 7. The first-order valence-corrected chi connectivity index (χ1v) is 10.6. The molecule has 0 aliphatic carbocycles. The minimum absolute atomic E-state index is 0.00606. The highest BCUT2D eigenvalue weighted by molar-refractivity contribution is 7.99. The predicted octanol–water partition coefficient (Wildman–Crippen LogP) is 5.41. The van der Waals surface area contributed by atoms with Crippen LogP contribution in [0.25, 0.3) is 16.8 Å². The maximum Gasteiger partial charge on any atom is 0.234 e. The summed E-state index contributed by atoms with van der Waals surface area (Å²) in [6.07, 6.45) is 3.68. The fraction of sp³-hybridized carbons (Fsp3) is 0.0833. The summed E-state index contributed by atoms with van der Waals surface area (Å²) in [5, 5.41) is 7.28. The first-order valence-electron chi connectivity index (χ1n) is 9.40. The van der Waals surface area contributed by atoms with Gasteiger partial charge in [-0.2, -0.15) is 5.10 Å². The Morgan fingerprint density at radius 3 is 2.41 bits per heavy atom. The van der Waals surface area contributed by atoms with Crippen molar-refractivity contribution in [2.24, 2.45) is 0 Å². The van der Waals surface area contributed by atoms with E-state index in [2.05, 4.69) is 22.5 Å². The van der Waals surface area contributed by atoms with Gasteiger partial charge in [-0.05, 0) is 35.4 Å². The molecule has 0 unspecified atom stereocenters. The first kappa shape index (κ1) is 19.0. The van der Waals surface area contributed by atoms with E-state index in [0.29, 0.717) is 5.75 Å². The minimum atomic E-state index is 0.00606. The van der Waals surface area contributed by atoms with Gasteiger partial charge in [0, 0.05) is 29.4 Å². The lowest BCUT2D eigenvalue weighted by Crippen LogP contribution is -2.14. The molecule has 0 spiro atoms. The van der Waals surface area contributed by atoms with Crippen LogP contribution in [0.15, 0.2) is 97.3 Å². The van der Waals surface area contributed by atoms with Crippen molar-refractivity contribution < 1.29 is 4.79 Å². The van der Waals surface area contributed by atoms with Crippen LogP contribution in [-0.2, 0) is 10.5 Å². The molecule has 4 aromatic rings.